The number of carbonyl (C=O) groups is 1. The quantitative estimate of drug-likeness (QED) is 0.756. The lowest BCUT2D eigenvalue weighted by Crippen LogP contribution is -2.34. The summed E-state index contributed by atoms with van der Waals surface area (Å²) in [6.45, 7) is 1.18. The van der Waals surface area contributed by atoms with E-state index < -0.39 is 0 Å². The van der Waals surface area contributed by atoms with Gasteiger partial charge in [-0.15, -0.1) is 0 Å². The molecular formula is C12H18N2O3. The van der Waals surface area contributed by atoms with E-state index >= 15 is 0 Å². The van der Waals surface area contributed by atoms with E-state index in [1.165, 1.54) is 0 Å². The molecule has 3 N–H and O–H groups in total. The zero-order chi connectivity index (χ0) is 12.3. The number of furan rings is 1. The standard InChI is InChI=1S/C12H18N2O3/c13-10-5-12(16)14(7-10)6-9(8-15)4-11-2-1-3-17-11/h1-3,9-10,15H,4-8,13H2. The molecule has 1 aliphatic heterocycles. The van der Waals surface area contributed by atoms with Crippen LogP contribution in [-0.2, 0) is 11.2 Å². The zero-order valence-corrected chi connectivity index (χ0v) is 9.71. The Morgan fingerprint density at radius 3 is 3.00 bits per heavy atom. The number of amides is 1. The Hall–Kier alpha value is -1.33. The molecule has 0 bridgehead atoms. The first-order valence-corrected chi connectivity index (χ1v) is 5.85. The number of rotatable bonds is 5. The van der Waals surface area contributed by atoms with Crippen molar-refractivity contribution < 1.29 is 14.3 Å². The molecule has 2 rings (SSSR count). The Bertz CT molecular complexity index is 364. The summed E-state index contributed by atoms with van der Waals surface area (Å²) in [5.41, 5.74) is 5.73. The van der Waals surface area contributed by atoms with Gasteiger partial charge < -0.3 is 20.2 Å². The Balaban J connectivity index is 1.89. The van der Waals surface area contributed by atoms with E-state index in [0.29, 0.717) is 25.9 Å². The number of hydrogen-bond donors (Lipinski definition) is 2. The summed E-state index contributed by atoms with van der Waals surface area (Å²) in [4.78, 5) is 13.3. The SMILES string of the molecule is NC1CC(=O)N(CC(CO)Cc2ccco2)C1. The van der Waals surface area contributed by atoms with Crippen molar-refractivity contribution in [2.24, 2.45) is 11.7 Å². The van der Waals surface area contributed by atoms with Crippen LogP contribution in [0.5, 0.6) is 0 Å². The molecule has 0 spiro atoms. The highest BCUT2D eigenvalue weighted by Crippen LogP contribution is 2.15. The van der Waals surface area contributed by atoms with Crippen molar-refractivity contribution >= 4 is 5.91 Å². The van der Waals surface area contributed by atoms with Gasteiger partial charge >= 0.3 is 0 Å². The number of carbonyl (C=O) groups excluding carboxylic acids is 1. The highest BCUT2D eigenvalue weighted by molar-refractivity contribution is 5.79. The third-order valence-corrected chi connectivity index (χ3v) is 3.05. The van der Waals surface area contributed by atoms with Crippen molar-refractivity contribution in [3.63, 3.8) is 0 Å². The number of aliphatic hydroxyl groups excluding tert-OH is 1. The Morgan fingerprint density at radius 1 is 1.65 bits per heavy atom. The van der Waals surface area contributed by atoms with Gasteiger partial charge in [-0.05, 0) is 12.1 Å². The Labute approximate surface area is 100 Å². The topological polar surface area (TPSA) is 79.7 Å². The second kappa shape index (κ2) is 5.33. The first-order valence-electron chi connectivity index (χ1n) is 5.85. The molecule has 5 nitrogen and oxygen atoms in total. The van der Waals surface area contributed by atoms with Crippen LogP contribution in [0.25, 0.3) is 0 Å². The van der Waals surface area contributed by atoms with Gasteiger partial charge in [0, 0.05) is 44.5 Å². The second-order valence-electron chi connectivity index (χ2n) is 4.60. The minimum Gasteiger partial charge on any atom is -0.469 e. The minimum atomic E-state index is -0.0644. The Kier molecular flexibility index (Phi) is 3.81. The monoisotopic (exact) mass is 238 g/mol. The molecule has 0 aromatic carbocycles. The van der Waals surface area contributed by atoms with E-state index in [9.17, 15) is 9.90 Å². The highest BCUT2D eigenvalue weighted by atomic mass is 16.3. The fourth-order valence-electron chi connectivity index (χ4n) is 2.19. The molecule has 0 radical (unpaired) electrons. The fraction of sp³-hybridized carbons (Fsp3) is 0.583. The maximum atomic E-state index is 11.6. The van der Waals surface area contributed by atoms with Crippen molar-refractivity contribution in [2.45, 2.75) is 18.9 Å². The van der Waals surface area contributed by atoms with Gasteiger partial charge in [-0.2, -0.15) is 0 Å². The second-order valence-corrected chi connectivity index (χ2v) is 4.60. The molecule has 2 unspecified atom stereocenters. The first-order chi connectivity index (χ1) is 8.19. The largest absolute Gasteiger partial charge is 0.469 e. The van der Waals surface area contributed by atoms with Crippen molar-refractivity contribution in [2.75, 3.05) is 19.7 Å². The number of likely N-dealkylation sites (tertiary alicyclic amines) is 1. The molecule has 1 fully saturated rings. The normalized spacial score (nSPS) is 22.1. The predicted octanol–water partition coefficient (Wildman–Crippen LogP) is -0.00980. The van der Waals surface area contributed by atoms with E-state index in [-0.39, 0.29) is 24.5 Å². The van der Waals surface area contributed by atoms with E-state index in [1.54, 1.807) is 11.2 Å². The van der Waals surface area contributed by atoms with Gasteiger partial charge in [-0.1, -0.05) is 0 Å². The lowest BCUT2D eigenvalue weighted by molar-refractivity contribution is -0.128. The molecule has 1 amide bonds. The molecule has 1 aliphatic rings. The van der Waals surface area contributed by atoms with Crippen LogP contribution in [0.15, 0.2) is 22.8 Å². The summed E-state index contributed by atoms with van der Waals surface area (Å²) in [5.74, 6) is 0.922. The lowest BCUT2D eigenvalue weighted by Gasteiger charge is -2.21. The van der Waals surface area contributed by atoms with Crippen LogP contribution in [0.3, 0.4) is 0 Å². The van der Waals surface area contributed by atoms with Crippen LogP contribution in [0, 0.1) is 5.92 Å². The molecule has 5 heteroatoms. The van der Waals surface area contributed by atoms with E-state index in [1.807, 2.05) is 12.1 Å². The van der Waals surface area contributed by atoms with Gasteiger partial charge in [-0.3, -0.25) is 4.79 Å². The van der Waals surface area contributed by atoms with Gasteiger partial charge in [0.15, 0.2) is 0 Å². The molecule has 94 valence electrons. The van der Waals surface area contributed by atoms with Gasteiger partial charge in [0.1, 0.15) is 5.76 Å². The van der Waals surface area contributed by atoms with Crippen LogP contribution < -0.4 is 5.73 Å². The van der Waals surface area contributed by atoms with E-state index in [2.05, 4.69) is 0 Å². The fourth-order valence-corrected chi connectivity index (χ4v) is 2.19. The summed E-state index contributed by atoms with van der Waals surface area (Å²) in [5, 5.41) is 9.33. The smallest absolute Gasteiger partial charge is 0.224 e. The average Bonchev–Trinajstić information content (AvgIpc) is 2.88. The summed E-state index contributed by atoms with van der Waals surface area (Å²) < 4.78 is 5.24. The minimum absolute atomic E-state index is 0.00963. The van der Waals surface area contributed by atoms with Crippen LogP contribution in [-0.4, -0.2) is 41.7 Å². The number of hydrogen-bond acceptors (Lipinski definition) is 4. The van der Waals surface area contributed by atoms with Crippen molar-refractivity contribution in [3.8, 4) is 0 Å². The van der Waals surface area contributed by atoms with Crippen molar-refractivity contribution in [3.05, 3.63) is 24.2 Å². The molecule has 17 heavy (non-hydrogen) atoms. The summed E-state index contributed by atoms with van der Waals surface area (Å²) in [7, 11) is 0. The molecule has 2 heterocycles. The Morgan fingerprint density at radius 2 is 2.47 bits per heavy atom. The summed E-state index contributed by atoms with van der Waals surface area (Å²) in [6, 6.07) is 3.63. The molecule has 2 atom stereocenters. The van der Waals surface area contributed by atoms with Crippen LogP contribution in [0.2, 0.25) is 0 Å². The van der Waals surface area contributed by atoms with E-state index in [0.717, 1.165) is 5.76 Å². The maximum absolute atomic E-state index is 11.6. The van der Waals surface area contributed by atoms with E-state index in [4.69, 9.17) is 10.2 Å². The molecule has 0 aliphatic carbocycles. The van der Waals surface area contributed by atoms with Crippen molar-refractivity contribution in [1.29, 1.82) is 0 Å². The van der Waals surface area contributed by atoms with Crippen molar-refractivity contribution in [1.82, 2.24) is 4.90 Å². The van der Waals surface area contributed by atoms with Crippen LogP contribution in [0.4, 0.5) is 0 Å². The highest BCUT2D eigenvalue weighted by Gasteiger charge is 2.28. The third-order valence-electron chi connectivity index (χ3n) is 3.05. The van der Waals surface area contributed by atoms with Crippen LogP contribution in [0.1, 0.15) is 12.2 Å². The van der Waals surface area contributed by atoms with Gasteiger partial charge in [0.2, 0.25) is 5.91 Å². The third kappa shape index (κ3) is 3.08. The first kappa shape index (κ1) is 12.1. The average molecular weight is 238 g/mol. The number of aliphatic hydroxyl groups is 1. The molecule has 0 saturated carbocycles. The summed E-state index contributed by atoms with van der Waals surface area (Å²) >= 11 is 0. The maximum Gasteiger partial charge on any atom is 0.224 e. The molecule has 1 aromatic heterocycles. The molecular weight excluding hydrogens is 220 g/mol. The van der Waals surface area contributed by atoms with Crippen LogP contribution >= 0.6 is 0 Å². The van der Waals surface area contributed by atoms with Gasteiger partial charge in [-0.25, -0.2) is 0 Å². The lowest BCUT2D eigenvalue weighted by atomic mass is 10.0. The summed E-state index contributed by atoms with van der Waals surface area (Å²) in [6.07, 6.45) is 2.67. The number of nitrogens with two attached hydrogens (primary N) is 1. The number of nitrogens with zero attached hydrogens (tertiary/aromatic N) is 1. The zero-order valence-electron chi connectivity index (χ0n) is 9.71. The predicted molar refractivity (Wildman–Crippen MR) is 62.2 cm³/mol. The van der Waals surface area contributed by atoms with Gasteiger partial charge in [0.05, 0.1) is 6.26 Å². The van der Waals surface area contributed by atoms with Gasteiger partial charge in [0.25, 0.3) is 0 Å². The molecule has 1 saturated heterocycles. The molecule has 1 aromatic rings.